The van der Waals surface area contributed by atoms with E-state index in [2.05, 4.69) is 15.7 Å². The summed E-state index contributed by atoms with van der Waals surface area (Å²) in [6, 6.07) is 1.51. The monoisotopic (exact) mass is 222 g/mol. The van der Waals surface area contributed by atoms with E-state index in [1.165, 1.54) is 0 Å². The third-order valence-corrected chi connectivity index (χ3v) is 2.56. The Hall–Kier alpha value is -1.85. The second-order valence-corrected chi connectivity index (χ2v) is 3.94. The highest BCUT2D eigenvalue weighted by Crippen LogP contribution is 2.14. The molecule has 1 aromatic rings. The lowest BCUT2D eigenvalue weighted by Crippen LogP contribution is -2.47. The third kappa shape index (κ3) is 2.05. The Balaban J connectivity index is 2.07. The van der Waals surface area contributed by atoms with E-state index in [0.29, 0.717) is 12.8 Å². The fourth-order valence-corrected chi connectivity index (χ4v) is 1.76. The zero-order valence-corrected chi connectivity index (χ0v) is 9.28. The predicted molar refractivity (Wildman–Crippen MR) is 57.7 cm³/mol. The van der Waals surface area contributed by atoms with E-state index in [1.54, 1.807) is 11.7 Å². The number of carbonyl (C=O) groups is 2. The summed E-state index contributed by atoms with van der Waals surface area (Å²) in [6.45, 7) is 1.88. The van der Waals surface area contributed by atoms with Gasteiger partial charge in [0.15, 0.2) is 0 Å². The lowest BCUT2D eigenvalue weighted by atomic mass is 10.1. The van der Waals surface area contributed by atoms with Crippen molar-refractivity contribution in [2.45, 2.75) is 25.8 Å². The molecule has 2 N–H and O–H groups in total. The number of rotatable bonds is 2. The minimum Gasteiger partial charge on any atom is -0.359 e. The molecule has 1 saturated heterocycles. The van der Waals surface area contributed by atoms with Crippen LogP contribution in [0.2, 0.25) is 0 Å². The molecule has 0 spiro atoms. The van der Waals surface area contributed by atoms with Crippen LogP contribution in [0.1, 0.15) is 18.5 Å². The van der Waals surface area contributed by atoms with Gasteiger partial charge in [0.05, 0.1) is 5.69 Å². The number of imide groups is 1. The van der Waals surface area contributed by atoms with Crippen molar-refractivity contribution < 1.29 is 9.59 Å². The smallest absolute Gasteiger partial charge is 0.249 e. The Bertz CT molecular complexity index is 438. The van der Waals surface area contributed by atoms with E-state index < -0.39 is 0 Å². The quantitative estimate of drug-likeness (QED) is 0.688. The number of carbonyl (C=O) groups excluding carboxylic acids is 2. The molecular weight excluding hydrogens is 208 g/mol. The number of nitrogens with zero attached hydrogens (tertiary/aromatic N) is 2. The van der Waals surface area contributed by atoms with Crippen LogP contribution in [0.3, 0.4) is 0 Å². The van der Waals surface area contributed by atoms with E-state index in [1.807, 2.05) is 13.0 Å². The predicted octanol–water partition coefficient (Wildman–Crippen LogP) is -0.0544. The second kappa shape index (κ2) is 3.96. The van der Waals surface area contributed by atoms with Crippen LogP contribution >= 0.6 is 0 Å². The fourth-order valence-electron chi connectivity index (χ4n) is 1.76. The van der Waals surface area contributed by atoms with Gasteiger partial charge in [0.2, 0.25) is 11.8 Å². The molecule has 0 aliphatic carbocycles. The zero-order valence-electron chi connectivity index (χ0n) is 9.28. The molecule has 1 aliphatic heterocycles. The topological polar surface area (TPSA) is 76.0 Å². The molecule has 1 fully saturated rings. The van der Waals surface area contributed by atoms with Gasteiger partial charge in [0.1, 0.15) is 11.9 Å². The van der Waals surface area contributed by atoms with Crippen molar-refractivity contribution in [2.24, 2.45) is 7.05 Å². The summed E-state index contributed by atoms with van der Waals surface area (Å²) in [5.74, 6) is 0.311. The van der Waals surface area contributed by atoms with Gasteiger partial charge in [-0.15, -0.1) is 0 Å². The van der Waals surface area contributed by atoms with Gasteiger partial charge in [-0.05, 0) is 13.3 Å². The molecule has 0 aromatic carbocycles. The summed E-state index contributed by atoms with van der Waals surface area (Å²) < 4.78 is 1.68. The van der Waals surface area contributed by atoms with Crippen molar-refractivity contribution in [2.75, 3.05) is 5.32 Å². The Morgan fingerprint density at radius 2 is 2.31 bits per heavy atom. The SMILES string of the molecule is Cc1cc(NC2CCC(=O)NC2=O)n(C)n1. The minimum atomic E-state index is -0.354. The maximum absolute atomic E-state index is 11.5. The summed E-state index contributed by atoms with van der Waals surface area (Å²) in [5.41, 5.74) is 0.886. The summed E-state index contributed by atoms with van der Waals surface area (Å²) in [7, 11) is 1.81. The standard InChI is InChI=1S/C10H14N4O2/c1-6-5-8(14(2)13-6)11-7-3-4-9(15)12-10(7)16/h5,7,11H,3-4H2,1-2H3,(H,12,15,16). The van der Waals surface area contributed by atoms with Crippen molar-refractivity contribution in [1.29, 1.82) is 0 Å². The molecule has 0 radical (unpaired) electrons. The maximum atomic E-state index is 11.5. The number of nitrogens with one attached hydrogen (secondary N) is 2. The Labute approximate surface area is 93.0 Å². The average molecular weight is 222 g/mol. The molecule has 6 heteroatoms. The highest BCUT2D eigenvalue weighted by atomic mass is 16.2. The molecule has 2 heterocycles. The number of hydrogen-bond donors (Lipinski definition) is 2. The molecule has 0 saturated carbocycles. The van der Waals surface area contributed by atoms with Crippen LogP contribution in [0.4, 0.5) is 5.82 Å². The number of amides is 2. The normalized spacial score (nSPS) is 20.8. The summed E-state index contributed by atoms with van der Waals surface area (Å²) in [5, 5.41) is 9.55. The molecule has 16 heavy (non-hydrogen) atoms. The largest absolute Gasteiger partial charge is 0.359 e. The first-order chi connectivity index (χ1) is 7.56. The Morgan fingerprint density at radius 1 is 1.56 bits per heavy atom. The number of anilines is 1. The van der Waals surface area contributed by atoms with Crippen LogP contribution in [0.5, 0.6) is 0 Å². The molecule has 1 unspecified atom stereocenters. The fraction of sp³-hybridized carbons (Fsp3) is 0.500. The van der Waals surface area contributed by atoms with Crippen molar-refractivity contribution >= 4 is 17.6 Å². The van der Waals surface area contributed by atoms with E-state index in [-0.39, 0.29) is 17.9 Å². The van der Waals surface area contributed by atoms with Crippen LogP contribution < -0.4 is 10.6 Å². The maximum Gasteiger partial charge on any atom is 0.249 e. The first-order valence-electron chi connectivity index (χ1n) is 5.17. The van der Waals surface area contributed by atoms with Crippen LogP contribution in [0, 0.1) is 6.92 Å². The van der Waals surface area contributed by atoms with E-state index in [4.69, 9.17) is 0 Å². The lowest BCUT2D eigenvalue weighted by Gasteiger charge is -2.22. The molecular formula is C10H14N4O2. The summed E-state index contributed by atoms with van der Waals surface area (Å²) in [4.78, 5) is 22.5. The lowest BCUT2D eigenvalue weighted by molar-refractivity contribution is -0.133. The van der Waals surface area contributed by atoms with Gasteiger partial charge < -0.3 is 5.32 Å². The van der Waals surface area contributed by atoms with Crippen LogP contribution in [-0.4, -0.2) is 27.6 Å². The highest BCUT2D eigenvalue weighted by Gasteiger charge is 2.26. The highest BCUT2D eigenvalue weighted by molar-refractivity contribution is 6.01. The van der Waals surface area contributed by atoms with Crippen molar-refractivity contribution in [3.63, 3.8) is 0 Å². The minimum absolute atomic E-state index is 0.204. The Kier molecular flexibility index (Phi) is 2.64. The Morgan fingerprint density at radius 3 is 2.88 bits per heavy atom. The molecule has 2 rings (SSSR count). The molecule has 86 valence electrons. The van der Waals surface area contributed by atoms with Gasteiger partial charge in [-0.2, -0.15) is 5.10 Å². The van der Waals surface area contributed by atoms with Crippen LogP contribution in [-0.2, 0) is 16.6 Å². The summed E-state index contributed by atoms with van der Waals surface area (Å²) in [6.07, 6.45) is 0.898. The second-order valence-electron chi connectivity index (χ2n) is 3.94. The van der Waals surface area contributed by atoms with Gasteiger partial charge in [-0.1, -0.05) is 0 Å². The van der Waals surface area contributed by atoms with E-state index in [9.17, 15) is 9.59 Å². The first kappa shape index (κ1) is 10.7. The van der Waals surface area contributed by atoms with E-state index >= 15 is 0 Å². The average Bonchev–Trinajstić information content (AvgIpc) is 2.50. The van der Waals surface area contributed by atoms with E-state index in [0.717, 1.165) is 11.5 Å². The van der Waals surface area contributed by atoms with Gasteiger partial charge in [-0.3, -0.25) is 19.6 Å². The van der Waals surface area contributed by atoms with Gasteiger partial charge in [-0.25, -0.2) is 0 Å². The number of aryl methyl sites for hydroxylation is 2. The molecule has 6 nitrogen and oxygen atoms in total. The molecule has 1 aromatic heterocycles. The van der Waals surface area contributed by atoms with Gasteiger partial charge in [0.25, 0.3) is 0 Å². The van der Waals surface area contributed by atoms with Crippen molar-refractivity contribution in [3.05, 3.63) is 11.8 Å². The summed E-state index contributed by atoms with van der Waals surface area (Å²) >= 11 is 0. The zero-order chi connectivity index (χ0) is 11.7. The molecule has 0 bridgehead atoms. The van der Waals surface area contributed by atoms with Crippen molar-refractivity contribution in [3.8, 4) is 0 Å². The molecule has 1 atom stereocenters. The molecule has 2 amide bonds. The number of aromatic nitrogens is 2. The van der Waals surface area contributed by atoms with Crippen LogP contribution in [0.25, 0.3) is 0 Å². The van der Waals surface area contributed by atoms with Crippen molar-refractivity contribution in [1.82, 2.24) is 15.1 Å². The number of piperidine rings is 1. The van der Waals surface area contributed by atoms with Gasteiger partial charge in [0, 0.05) is 19.5 Å². The number of hydrogen-bond acceptors (Lipinski definition) is 4. The molecule has 1 aliphatic rings. The van der Waals surface area contributed by atoms with Crippen LogP contribution in [0.15, 0.2) is 6.07 Å². The van der Waals surface area contributed by atoms with Gasteiger partial charge >= 0.3 is 0 Å². The first-order valence-corrected chi connectivity index (χ1v) is 5.17. The third-order valence-electron chi connectivity index (χ3n) is 2.56.